The van der Waals surface area contributed by atoms with Crippen molar-refractivity contribution in [2.24, 2.45) is 5.73 Å². The van der Waals surface area contributed by atoms with Crippen molar-refractivity contribution in [3.8, 4) is 0 Å². The summed E-state index contributed by atoms with van der Waals surface area (Å²) in [6.07, 6.45) is 1.58. The number of rotatable bonds is 4. The molecular weight excluding hydrogens is 224 g/mol. The van der Waals surface area contributed by atoms with Crippen LogP contribution >= 0.6 is 11.6 Å². The number of halogens is 1. The van der Waals surface area contributed by atoms with Crippen LogP contribution in [0.2, 0.25) is 5.02 Å². The maximum absolute atomic E-state index is 11.7. The topological polar surface area (TPSA) is 55.1 Å². The molecule has 1 atom stereocenters. The van der Waals surface area contributed by atoms with Gasteiger partial charge >= 0.3 is 0 Å². The smallest absolute Gasteiger partial charge is 0.241 e. The second-order valence-electron chi connectivity index (χ2n) is 3.80. The van der Waals surface area contributed by atoms with E-state index >= 15 is 0 Å². The van der Waals surface area contributed by atoms with Crippen molar-refractivity contribution in [3.63, 3.8) is 0 Å². The molecule has 16 heavy (non-hydrogen) atoms. The van der Waals surface area contributed by atoms with Crippen LogP contribution in [0.4, 0.5) is 5.69 Å². The summed E-state index contributed by atoms with van der Waals surface area (Å²) in [7, 11) is 0. The third kappa shape index (κ3) is 3.22. The Bertz CT molecular complexity index is 379. The van der Waals surface area contributed by atoms with Crippen LogP contribution in [0, 0.1) is 6.92 Å². The van der Waals surface area contributed by atoms with E-state index in [9.17, 15) is 4.79 Å². The molecule has 88 valence electrons. The molecule has 0 aliphatic heterocycles. The third-order valence-electron chi connectivity index (χ3n) is 2.46. The van der Waals surface area contributed by atoms with E-state index in [-0.39, 0.29) is 5.91 Å². The number of carbonyl (C=O) groups excluding carboxylic acids is 1. The largest absolute Gasteiger partial charge is 0.324 e. The number of amides is 1. The maximum atomic E-state index is 11.7. The summed E-state index contributed by atoms with van der Waals surface area (Å²) in [4.78, 5) is 11.7. The Morgan fingerprint density at radius 2 is 2.25 bits per heavy atom. The SMILES string of the molecule is CCC[C@@H](N)C(=O)Nc1cccc(Cl)c1C. The van der Waals surface area contributed by atoms with E-state index < -0.39 is 6.04 Å². The van der Waals surface area contributed by atoms with Crippen LogP contribution in [0.15, 0.2) is 18.2 Å². The van der Waals surface area contributed by atoms with E-state index in [1.54, 1.807) is 12.1 Å². The fraction of sp³-hybridized carbons (Fsp3) is 0.417. The van der Waals surface area contributed by atoms with Crippen molar-refractivity contribution in [2.45, 2.75) is 32.7 Å². The van der Waals surface area contributed by atoms with Gasteiger partial charge in [0.25, 0.3) is 0 Å². The standard InChI is InChI=1S/C12H17ClN2O/c1-3-5-10(14)12(16)15-11-7-4-6-9(13)8(11)2/h4,6-7,10H,3,5,14H2,1-2H3,(H,15,16)/t10-/m1/s1. The van der Waals surface area contributed by atoms with E-state index in [1.807, 2.05) is 19.9 Å². The van der Waals surface area contributed by atoms with Gasteiger partial charge in [0.1, 0.15) is 0 Å². The quantitative estimate of drug-likeness (QED) is 0.850. The monoisotopic (exact) mass is 240 g/mol. The number of anilines is 1. The second-order valence-corrected chi connectivity index (χ2v) is 4.20. The van der Waals surface area contributed by atoms with Gasteiger partial charge in [-0.2, -0.15) is 0 Å². The highest BCUT2D eigenvalue weighted by molar-refractivity contribution is 6.31. The molecule has 0 unspecified atom stereocenters. The first-order valence-electron chi connectivity index (χ1n) is 5.37. The number of benzene rings is 1. The van der Waals surface area contributed by atoms with Crippen LogP contribution in [0.3, 0.4) is 0 Å². The lowest BCUT2D eigenvalue weighted by molar-refractivity contribution is -0.117. The number of hydrogen-bond donors (Lipinski definition) is 2. The van der Waals surface area contributed by atoms with Crippen molar-refractivity contribution in [3.05, 3.63) is 28.8 Å². The number of carbonyl (C=O) groups is 1. The fourth-order valence-electron chi connectivity index (χ4n) is 1.41. The predicted molar refractivity (Wildman–Crippen MR) is 67.7 cm³/mol. The Balaban J connectivity index is 2.73. The Kier molecular flexibility index (Phi) is 4.77. The summed E-state index contributed by atoms with van der Waals surface area (Å²) in [5.41, 5.74) is 7.31. The second kappa shape index (κ2) is 5.87. The zero-order valence-electron chi connectivity index (χ0n) is 9.59. The highest BCUT2D eigenvalue weighted by atomic mass is 35.5. The lowest BCUT2D eigenvalue weighted by Crippen LogP contribution is -2.35. The summed E-state index contributed by atoms with van der Waals surface area (Å²) < 4.78 is 0. The number of nitrogens with one attached hydrogen (secondary N) is 1. The summed E-state index contributed by atoms with van der Waals surface area (Å²) in [5.74, 6) is -0.160. The zero-order valence-corrected chi connectivity index (χ0v) is 10.3. The molecule has 0 aliphatic rings. The minimum atomic E-state index is -0.455. The average molecular weight is 241 g/mol. The number of nitrogens with two attached hydrogens (primary N) is 1. The molecule has 0 saturated heterocycles. The molecule has 1 amide bonds. The van der Waals surface area contributed by atoms with Crippen LogP contribution in [-0.2, 0) is 4.79 Å². The van der Waals surface area contributed by atoms with Crippen LogP contribution < -0.4 is 11.1 Å². The van der Waals surface area contributed by atoms with Gasteiger partial charge in [0.15, 0.2) is 0 Å². The fourth-order valence-corrected chi connectivity index (χ4v) is 1.58. The highest BCUT2D eigenvalue weighted by Crippen LogP contribution is 2.22. The number of hydrogen-bond acceptors (Lipinski definition) is 2. The van der Waals surface area contributed by atoms with Crippen molar-refractivity contribution in [1.82, 2.24) is 0 Å². The molecule has 0 radical (unpaired) electrons. The maximum Gasteiger partial charge on any atom is 0.241 e. The molecule has 0 fully saturated rings. The van der Waals surface area contributed by atoms with Crippen LogP contribution in [0.1, 0.15) is 25.3 Å². The van der Waals surface area contributed by atoms with Crippen molar-refractivity contribution in [2.75, 3.05) is 5.32 Å². The molecule has 0 aromatic heterocycles. The van der Waals surface area contributed by atoms with Gasteiger partial charge in [0.2, 0.25) is 5.91 Å². The van der Waals surface area contributed by atoms with Gasteiger partial charge in [-0.15, -0.1) is 0 Å². The molecule has 0 spiro atoms. The van der Waals surface area contributed by atoms with Crippen LogP contribution in [0.5, 0.6) is 0 Å². The lowest BCUT2D eigenvalue weighted by atomic mass is 10.1. The normalized spacial score (nSPS) is 12.2. The molecule has 1 rings (SSSR count). The van der Waals surface area contributed by atoms with E-state index in [0.717, 1.165) is 17.7 Å². The Labute approximate surface area is 101 Å². The van der Waals surface area contributed by atoms with Gasteiger partial charge < -0.3 is 11.1 Å². The molecule has 0 heterocycles. The van der Waals surface area contributed by atoms with Gasteiger partial charge in [-0.1, -0.05) is 31.0 Å². The Hall–Kier alpha value is -1.06. The molecule has 1 aromatic carbocycles. The molecule has 0 bridgehead atoms. The Morgan fingerprint density at radius 3 is 2.88 bits per heavy atom. The molecule has 0 aliphatic carbocycles. The van der Waals surface area contributed by atoms with Gasteiger partial charge in [-0.05, 0) is 31.0 Å². The van der Waals surface area contributed by atoms with E-state index in [0.29, 0.717) is 11.4 Å². The zero-order chi connectivity index (χ0) is 12.1. The first-order chi connectivity index (χ1) is 7.56. The molecule has 0 saturated carbocycles. The van der Waals surface area contributed by atoms with Crippen molar-refractivity contribution >= 4 is 23.2 Å². The third-order valence-corrected chi connectivity index (χ3v) is 2.87. The van der Waals surface area contributed by atoms with Crippen LogP contribution in [-0.4, -0.2) is 11.9 Å². The van der Waals surface area contributed by atoms with Gasteiger partial charge in [0, 0.05) is 10.7 Å². The first kappa shape index (κ1) is 13.0. The van der Waals surface area contributed by atoms with E-state index in [4.69, 9.17) is 17.3 Å². The van der Waals surface area contributed by atoms with Crippen molar-refractivity contribution < 1.29 is 4.79 Å². The van der Waals surface area contributed by atoms with Crippen LogP contribution in [0.25, 0.3) is 0 Å². The molecule has 4 heteroatoms. The van der Waals surface area contributed by atoms with Gasteiger partial charge in [-0.3, -0.25) is 4.79 Å². The van der Waals surface area contributed by atoms with E-state index in [1.165, 1.54) is 0 Å². The molecule has 3 nitrogen and oxygen atoms in total. The van der Waals surface area contributed by atoms with Gasteiger partial charge in [-0.25, -0.2) is 0 Å². The van der Waals surface area contributed by atoms with E-state index in [2.05, 4.69) is 5.32 Å². The minimum absolute atomic E-state index is 0.160. The summed E-state index contributed by atoms with van der Waals surface area (Å²) in [5, 5.41) is 3.43. The Morgan fingerprint density at radius 1 is 1.56 bits per heavy atom. The summed E-state index contributed by atoms with van der Waals surface area (Å²) in [6.45, 7) is 3.86. The predicted octanol–water partition coefficient (Wildman–Crippen LogP) is 2.71. The molecule has 1 aromatic rings. The molecule has 3 N–H and O–H groups in total. The lowest BCUT2D eigenvalue weighted by Gasteiger charge is -2.13. The first-order valence-corrected chi connectivity index (χ1v) is 5.75. The minimum Gasteiger partial charge on any atom is -0.324 e. The van der Waals surface area contributed by atoms with Crippen molar-refractivity contribution in [1.29, 1.82) is 0 Å². The molecular formula is C12H17ClN2O. The average Bonchev–Trinajstić information content (AvgIpc) is 2.25. The van der Waals surface area contributed by atoms with Gasteiger partial charge in [0.05, 0.1) is 6.04 Å². The summed E-state index contributed by atoms with van der Waals surface area (Å²) in [6, 6.07) is 4.95. The summed E-state index contributed by atoms with van der Waals surface area (Å²) >= 11 is 5.96. The highest BCUT2D eigenvalue weighted by Gasteiger charge is 2.13.